The molecule has 1 heterocycles. The molecule has 1 aliphatic rings. The Hall–Kier alpha value is -1.61. The van der Waals surface area contributed by atoms with Crippen LogP contribution in [0.3, 0.4) is 0 Å². The SMILES string of the molecule is COc1cccc(C2CNc3ccccc3SC2)c1. The average molecular weight is 271 g/mol. The number of anilines is 1. The van der Waals surface area contributed by atoms with E-state index >= 15 is 0 Å². The van der Waals surface area contributed by atoms with Crippen molar-refractivity contribution in [3.8, 4) is 5.75 Å². The Bertz CT molecular complexity index is 543. The molecule has 0 saturated carbocycles. The molecule has 2 aromatic carbocycles. The first-order valence-electron chi connectivity index (χ1n) is 6.46. The number of ether oxygens (including phenoxy) is 1. The Morgan fingerprint density at radius 2 is 2.05 bits per heavy atom. The summed E-state index contributed by atoms with van der Waals surface area (Å²) in [6, 6.07) is 16.9. The number of methoxy groups -OCH3 is 1. The molecule has 0 saturated heterocycles. The standard InChI is InChI=1S/C16H17NOS/c1-18-14-6-4-5-12(9-14)13-10-17-15-7-2-3-8-16(15)19-11-13/h2-9,13,17H,10-11H2,1H3. The molecule has 0 spiro atoms. The van der Waals surface area contributed by atoms with Crippen molar-refractivity contribution in [2.45, 2.75) is 10.8 Å². The van der Waals surface area contributed by atoms with E-state index in [0.29, 0.717) is 5.92 Å². The highest BCUT2D eigenvalue weighted by atomic mass is 32.2. The molecule has 2 nitrogen and oxygen atoms in total. The first kappa shape index (κ1) is 12.4. The second-order valence-electron chi connectivity index (χ2n) is 4.66. The van der Waals surface area contributed by atoms with E-state index in [1.807, 2.05) is 17.8 Å². The molecule has 98 valence electrons. The van der Waals surface area contributed by atoms with Crippen molar-refractivity contribution >= 4 is 17.4 Å². The van der Waals surface area contributed by atoms with Crippen LogP contribution >= 0.6 is 11.8 Å². The van der Waals surface area contributed by atoms with E-state index in [4.69, 9.17) is 4.74 Å². The maximum absolute atomic E-state index is 5.31. The molecule has 1 aliphatic heterocycles. The van der Waals surface area contributed by atoms with Crippen LogP contribution in [-0.4, -0.2) is 19.4 Å². The number of thioether (sulfide) groups is 1. The molecule has 0 bridgehead atoms. The largest absolute Gasteiger partial charge is 0.497 e. The van der Waals surface area contributed by atoms with Gasteiger partial charge in [0, 0.05) is 28.8 Å². The minimum Gasteiger partial charge on any atom is -0.497 e. The Morgan fingerprint density at radius 3 is 2.95 bits per heavy atom. The summed E-state index contributed by atoms with van der Waals surface area (Å²) < 4.78 is 5.31. The highest BCUT2D eigenvalue weighted by molar-refractivity contribution is 7.99. The highest BCUT2D eigenvalue weighted by Crippen LogP contribution is 2.35. The van der Waals surface area contributed by atoms with Crippen molar-refractivity contribution in [2.75, 3.05) is 24.7 Å². The number of para-hydroxylation sites is 1. The average Bonchev–Trinajstić information content (AvgIpc) is 2.70. The van der Waals surface area contributed by atoms with E-state index in [9.17, 15) is 0 Å². The lowest BCUT2D eigenvalue weighted by molar-refractivity contribution is 0.414. The summed E-state index contributed by atoms with van der Waals surface area (Å²) in [5.41, 5.74) is 2.59. The van der Waals surface area contributed by atoms with Crippen LogP contribution in [0.2, 0.25) is 0 Å². The van der Waals surface area contributed by atoms with Gasteiger partial charge in [-0.25, -0.2) is 0 Å². The van der Waals surface area contributed by atoms with Gasteiger partial charge < -0.3 is 10.1 Å². The van der Waals surface area contributed by atoms with Gasteiger partial charge in [-0.3, -0.25) is 0 Å². The molecule has 2 aromatic rings. The summed E-state index contributed by atoms with van der Waals surface area (Å²) >= 11 is 1.92. The Morgan fingerprint density at radius 1 is 1.16 bits per heavy atom. The summed E-state index contributed by atoms with van der Waals surface area (Å²) in [5.74, 6) is 2.54. The smallest absolute Gasteiger partial charge is 0.119 e. The van der Waals surface area contributed by atoms with Gasteiger partial charge in [-0.15, -0.1) is 11.8 Å². The van der Waals surface area contributed by atoms with Crippen LogP contribution in [-0.2, 0) is 0 Å². The van der Waals surface area contributed by atoms with E-state index in [2.05, 4.69) is 47.8 Å². The maximum atomic E-state index is 5.31. The first-order chi connectivity index (χ1) is 9.36. The number of hydrogen-bond donors (Lipinski definition) is 1. The lowest BCUT2D eigenvalue weighted by atomic mass is 10.0. The molecule has 0 radical (unpaired) electrons. The lowest BCUT2D eigenvalue weighted by Gasteiger charge is -2.15. The lowest BCUT2D eigenvalue weighted by Crippen LogP contribution is -2.12. The van der Waals surface area contributed by atoms with Crippen LogP contribution in [0.4, 0.5) is 5.69 Å². The number of fused-ring (bicyclic) bond motifs is 1. The van der Waals surface area contributed by atoms with Gasteiger partial charge in [-0.2, -0.15) is 0 Å². The molecule has 3 rings (SSSR count). The Labute approximate surface area is 118 Å². The summed E-state index contributed by atoms with van der Waals surface area (Å²) in [4.78, 5) is 1.34. The summed E-state index contributed by atoms with van der Waals surface area (Å²) in [5, 5.41) is 3.55. The minimum absolute atomic E-state index is 0.507. The summed E-state index contributed by atoms with van der Waals surface area (Å²) in [7, 11) is 1.72. The van der Waals surface area contributed by atoms with Gasteiger partial charge in [-0.1, -0.05) is 24.3 Å². The Balaban J connectivity index is 1.81. The second-order valence-corrected chi connectivity index (χ2v) is 5.72. The van der Waals surface area contributed by atoms with Crippen molar-refractivity contribution < 1.29 is 4.74 Å². The summed E-state index contributed by atoms with van der Waals surface area (Å²) in [6.07, 6.45) is 0. The fourth-order valence-electron chi connectivity index (χ4n) is 2.33. The Kier molecular flexibility index (Phi) is 3.65. The molecule has 0 amide bonds. The minimum atomic E-state index is 0.507. The van der Waals surface area contributed by atoms with Gasteiger partial charge >= 0.3 is 0 Å². The quantitative estimate of drug-likeness (QED) is 0.892. The second kappa shape index (κ2) is 5.57. The summed E-state index contributed by atoms with van der Waals surface area (Å²) in [6.45, 7) is 0.969. The van der Waals surface area contributed by atoms with Crippen molar-refractivity contribution in [2.24, 2.45) is 0 Å². The van der Waals surface area contributed by atoms with Gasteiger partial charge in [0.2, 0.25) is 0 Å². The van der Waals surface area contributed by atoms with Gasteiger partial charge in [0.15, 0.2) is 0 Å². The van der Waals surface area contributed by atoms with Crippen LogP contribution < -0.4 is 10.1 Å². The predicted octanol–water partition coefficient (Wildman–Crippen LogP) is 4.00. The third kappa shape index (κ3) is 2.71. The molecular formula is C16H17NOS. The fourth-order valence-corrected chi connectivity index (χ4v) is 3.49. The molecule has 19 heavy (non-hydrogen) atoms. The van der Waals surface area contributed by atoms with E-state index in [1.165, 1.54) is 16.1 Å². The number of benzene rings is 2. The van der Waals surface area contributed by atoms with E-state index in [0.717, 1.165) is 18.0 Å². The van der Waals surface area contributed by atoms with Gasteiger partial charge in [0.25, 0.3) is 0 Å². The number of nitrogens with one attached hydrogen (secondary N) is 1. The van der Waals surface area contributed by atoms with Crippen molar-refractivity contribution in [1.82, 2.24) is 0 Å². The molecular weight excluding hydrogens is 254 g/mol. The molecule has 1 atom stereocenters. The maximum Gasteiger partial charge on any atom is 0.119 e. The van der Waals surface area contributed by atoms with E-state index in [1.54, 1.807) is 7.11 Å². The topological polar surface area (TPSA) is 21.3 Å². The van der Waals surface area contributed by atoms with Crippen molar-refractivity contribution in [1.29, 1.82) is 0 Å². The molecule has 1 N–H and O–H groups in total. The third-order valence-corrected chi connectivity index (χ3v) is 4.67. The molecule has 1 unspecified atom stereocenters. The van der Waals surface area contributed by atoms with Crippen molar-refractivity contribution in [3.05, 3.63) is 54.1 Å². The van der Waals surface area contributed by atoms with Gasteiger partial charge in [0.05, 0.1) is 7.11 Å². The normalized spacial score (nSPS) is 18.1. The van der Waals surface area contributed by atoms with Crippen LogP contribution in [0.1, 0.15) is 11.5 Å². The zero-order valence-electron chi connectivity index (χ0n) is 10.9. The van der Waals surface area contributed by atoms with Crippen LogP contribution in [0.25, 0.3) is 0 Å². The van der Waals surface area contributed by atoms with Crippen LogP contribution in [0.15, 0.2) is 53.4 Å². The van der Waals surface area contributed by atoms with Crippen molar-refractivity contribution in [3.63, 3.8) is 0 Å². The number of hydrogen-bond acceptors (Lipinski definition) is 3. The third-order valence-electron chi connectivity index (χ3n) is 3.43. The van der Waals surface area contributed by atoms with E-state index < -0.39 is 0 Å². The van der Waals surface area contributed by atoms with Crippen LogP contribution in [0.5, 0.6) is 5.75 Å². The van der Waals surface area contributed by atoms with E-state index in [-0.39, 0.29) is 0 Å². The molecule has 0 aromatic heterocycles. The molecule has 0 fully saturated rings. The monoisotopic (exact) mass is 271 g/mol. The fraction of sp³-hybridized carbons (Fsp3) is 0.250. The molecule has 3 heteroatoms. The number of rotatable bonds is 2. The van der Waals surface area contributed by atoms with Gasteiger partial charge in [0.1, 0.15) is 5.75 Å². The van der Waals surface area contributed by atoms with Gasteiger partial charge in [-0.05, 0) is 29.8 Å². The van der Waals surface area contributed by atoms with Crippen LogP contribution in [0, 0.1) is 0 Å². The zero-order valence-corrected chi connectivity index (χ0v) is 11.7. The highest BCUT2D eigenvalue weighted by Gasteiger charge is 2.17. The zero-order chi connectivity index (χ0) is 13.1. The molecule has 0 aliphatic carbocycles. The first-order valence-corrected chi connectivity index (χ1v) is 7.45. The predicted molar refractivity (Wildman–Crippen MR) is 81.4 cm³/mol.